The van der Waals surface area contributed by atoms with Gasteiger partial charge in [-0.3, -0.25) is 4.68 Å². The van der Waals surface area contributed by atoms with Crippen LogP contribution >= 0.6 is 0 Å². The molecule has 0 aliphatic carbocycles. The van der Waals surface area contributed by atoms with E-state index < -0.39 is 0 Å². The number of rotatable bonds is 7. The van der Waals surface area contributed by atoms with Crippen molar-refractivity contribution >= 4 is 0 Å². The van der Waals surface area contributed by atoms with Gasteiger partial charge in [-0.05, 0) is 44.0 Å². The Balaban J connectivity index is 2.18. The number of nitrogens with two attached hydrogens (primary N) is 1. The fourth-order valence-corrected chi connectivity index (χ4v) is 2.29. The molecule has 0 atom stereocenters. The predicted molar refractivity (Wildman–Crippen MR) is 80.8 cm³/mol. The van der Waals surface area contributed by atoms with Crippen molar-refractivity contribution in [1.29, 1.82) is 0 Å². The highest BCUT2D eigenvalue weighted by Gasteiger charge is 2.12. The van der Waals surface area contributed by atoms with Gasteiger partial charge in [-0.15, -0.1) is 0 Å². The van der Waals surface area contributed by atoms with Gasteiger partial charge >= 0.3 is 0 Å². The summed E-state index contributed by atoms with van der Waals surface area (Å²) < 4.78 is 21.5. The fourth-order valence-electron chi connectivity index (χ4n) is 2.29. The third-order valence-electron chi connectivity index (χ3n) is 3.40. The molecule has 2 N–H and O–H groups in total. The molecule has 5 heteroatoms. The van der Waals surface area contributed by atoms with Crippen LogP contribution in [0.5, 0.6) is 5.75 Å². The van der Waals surface area contributed by atoms with Gasteiger partial charge in [-0.1, -0.05) is 19.1 Å². The summed E-state index contributed by atoms with van der Waals surface area (Å²) in [4.78, 5) is 0. The van der Waals surface area contributed by atoms with Crippen LogP contribution in [0.4, 0.5) is 4.39 Å². The lowest BCUT2D eigenvalue weighted by Crippen LogP contribution is -2.09. The summed E-state index contributed by atoms with van der Waals surface area (Å²) in [5, 5.41) is 4.46. The van der Waals surface area contributed by atoms with E-state index in [0.29, 0.717) is 25.3 Å². The number of ether oxygens (including phenoxy) is 1. The van der Waals surface area contributed by atoms with Crippen LogP contribution < -0.4 is 10.5 Å². The fraction of sp³-hybridized carbons (Fsp3) is 0.438. The number of halogens is 1. The van der Waals surface area contributed by atoms with Crippen molar-refractivity contribution in [2.45, 2.75) is 39.8 Å². The molecule has 0 spiro atoms. The van der Waals surface area contributed by atoms with Gasteiger partial charge in [0.25, 0.3) is 0 Å². The van der Waals surface area contributed by atoms with E-state index in [0.717, 1.165) is 29.9 Å². The van der Waals surface area contributed by atoms with Crippen LogP contribution in [0.1, 0.15) is 30.8 Å². The minimum atomic E-state index is -0.348. The molecule has 0 amide bonds. The number of hydrogen-bond acceptors (Lipinski definition) is 3. The van der Waals surface area contributed by atoms with E-state index in [1.807, 2.05) is 23.7 Å². The molecular formula is C16H22FN3O. The van der Waals surface area contributed by atoms with Crippen molar-refractivity contribution in [2.75, 3.05) is 6.54 Å². The van der Waals surface area contributed by atoms with Crippen molar-refractivity contribution in [3.63, 3.8) is 0 Å². The second-order valence-electron chi connectivity index (χ2n) is 4.85. The van der Waals surface area contributed by atoms with Gasteiger partial charge in [-0.25, -0.2) is 4.39 Å². The van der Waals surface area contributed by atoms with Gasteiger partial charge < -0.3 is 10.5 Å². The molecule has 1 aromatic carbocycles. The van der Waals surface area contributed by atoms with E-state index in [1.165, 1.54) is 6.07 Å². The van der Waals surface area contributed by atoms with E-state index in [1.54, 1.807) is 6.07 Å². The van der Waals surface area contributed by atoms with Crippen molar-refractivity contribution in [3.05, 3.63) is 47.0 Å². The molecule has 0 unspecified atom stereocenters. The first-order valence-corrected chi connectivity index (χ1v) is 7.35. The van der Waals surface area contributed by atoms with Gasteiger partial charge in [0.1, 0.15) is 6.61 Å². The number of aryl methyl sites for hydroxylation is 2. The Labute approximate surface area is 124 Å². The first kappa shape index (κ1) is 15.5. The van der Waals surface area contributed by atoms with Gasteiger partial charge in [0.05, 0.1) is 11.4 Å². The summed E-state index contributed by atoms with van der Waals surface area (Å²) in [6.45, 7) is 5.62. The summed E-state index contributed by atoms with van der Waals surface area (Å²) in [7, 11) is 0. The molecule has 0 aliphatic heterocycles. The Bertz CT molecular complexity index is 595. The van der Waals surface area contributed by atoms with Crippen LogP contribution in [-0.4, -0.2) is 16.3 Å². The zero-order chi connectivity index (χ0) is 15.2. The molecule has 0 radical (unpaired) electrons. The number of nitrogens with zero attached hydrogens (tertiary/aromatic N) is 2. The SMILES string of the molecule is CCc1cc(COc2c(F)cccc2CCN)n(CC)n1. The normalized spacial score (nSPS) is 10.9. The number of hydrogen-bond donors (Lipinski definition) is 1. The van der Waals surface area contributed by atoms with Crippen molar-refractivity contribution in [3.8, 4) is 5.75 Å². The lowest BCUT2D eigenvalue weighted by atomic mass is 10.1. The Morgan fingerprint density at radius 3 is 2.81 bits per heavy atom. The third-order valence-corrected chi connectivity index (χ3v) is 3.40. The molecule has 4 nitrogen and oxygen atoms in total. The summed E-state index contributed by atoms with van der Waals surface area (Å²) in [5.41, 5.74) is 8.34. The molecule has 0 aliphatic rings. The molecule has 21 heavy (non-hydrogen) atoms. The van der Waals surface area contributed by atoms with Crippen LogP contribution in [-0.2, 0) is 26.0 Å². The highest BCUT2D eigenvalue weighted by molar-refractivity contribution is 5.35. The molecular weight excluding hydrogens is 269 g/mol. The number of aromatic nitrogens is 2. The average Bonchev–Trinajstić information content (AvgIpc) is 2.89. The van der Waals surface area contributed by atoms with Crippen LogP contribution in [0, 0.1) is 5.82 Å². The lowest BCUT2D eigenvalue weighted by Gasteiger charge is -2.12. The van der Waals surface area contributed by atoms with Gasteiger partial charge in [-0.2, -0.15) is 5.10 Å². The topological polar surface area (TPSA) is 53.1 Å². The average molecular weight is 291 g/mol. The van der Waals surface area contributed by atoms with Gasteiger partial charge in [0.2, 0.25) is 0 Å². The van der Waals surface area contributed by atoms with Gasteiger partial charge in [0, 0.05) is 6.54 Å². The van der Waals surface area contributed by atoms with E-state index in [9.17, 15) is 4.39 Å². The van der Waals surface area contributed by atoms with Crippen LogP contribution in [0.2, 0.25) is 0 Å². The largest absolute Gasteiger partial charge is 0.484 e. The molecule has 0 saturated heterocycles. The number of benzene rings is 1. The number of para-hydroxylation sites is 1. The maximum Gasteiger partial charge on any atom is 0.165 e. The highest BCUT2D eigenvalue weighted by Crippen LogP contribution is 2.24. The highest BCUT2D eigenvalue weighted by atomic mass is 19.1. The summed E-state index contributed by atoms with van der Waals surface area (Å²) >= 11 is 0. The van der Waals surface area contributed by atoms with E-state index in [4.69, 9.17) is 10.5 Å². The molecule has 1 heterocycles. The zero-order valence-electron chi connectivity index (χ0n) is 12.6. The first-order chi connectivity index (χ1) is 10.2. The Morgan fingerprint density at radius 2 is 2.14 bits per heavy atom. The van der Waals surface area contributed by atoms with Crippen molar-refractivity contribution < 1.29 is 9.13 Å². The maximum absolute atomic E-state index is 13.9. The molecule has 1 aromatic heterocycles. The standard InChI is InChI=1S/C16H22FN3O/c1-3-13-10-14(20(4-2)19-13)11-21-16-12(8-9-18)6-5-7-15(16)17/h5-7,10H,3-4,8-9,11,18H2,1-2H3. The smallest absolute Gasteiger partial charge is 0.165 e. The summed E-state index contributed by atoms with van der Waals surface area (Å²) in [6.07, 6.45) is 1.47. The Hall–Kier alpha value is -1.88. The van der Waals surface area contributed by atoms with Crippen molar-refractivity contribution in [1.82, 2.24) is 9.78 Å². The molecule has 2 rings (SSSR count). The quantitative estimate of drug-likeness (QED) is 0.853. The zero-order valence-corrected chi connectivity index (χ0v) is 12.6. The molecule has 0 saturated carbocycles. The van der Waals surface area contributed by atoms with Crippen molar-refractivity contribution in [2.24, 2.45) is 5.73 Å². The minimum absolute atomic E-state index is 0.296. The van der Waals surface area contributed by atoms with E-state index >= 15 is 0 Å². The second-order valence-corrected chi connectivity index (χ2v) is 4.85. The van der Waals surface area contributed by atoms with E-state index in [2.05, 4.69) is 12.0 Å². The van der Waals surface area contributed by atoms with E-state index in [-0.39, 0.29) is 5.82 Å². The maximum atomic E-state index is 13.9. The molecule has 0 fully saturated rings. The lowest BCUT2D eigenvalue weighted by molar-refractivity contribution is 0.275. The second kappa shape index (κ2) is 7.22. The molecule has 114 valence electrons. The Kier molecular flexibility index (Phi) is 5.33. The summed E-state index contributed by atoms with van der Waals surface area (Å²) in [5.74, 6) is -0.0518. The predicted octanol–water partition coefficient (Wildman–Crippen LogP) is 2.68. The van der Waals surface area contributed by atoms with Crippen LogP contribution in [0.3, 0.4) is 0 Å². The van der Waals surface area contributed by atoms with Gasteiger partial charge in [0.15, 0.2) is 11.6 Å². The summed E-state index contributed by atoms with van der Waals surface area (Å²) in [6, 6.07) is 6.94. The van der Waals surface area contributed by atoms with Crippen LogP contribution in [0.25, 0.3) is 0 Å². The van der Waals surface area contributed by atoms with Crippen LogP contribution in [0.15, 0.2) is 24.3 Å². The monoisotopic (exact) mass is 291 g/mol. The minimum Gasteiger partial charge on any atom is -0.484 e. The molecule has 0 bridgehead atoms. The Morgan fingerprint density at radius 1 is 1.33 bits per heavy atom. The third kappa shape index (κ3) is 3.61. The molecule has 2 aromatic rings. The first-order valence-electron chi connectivity index (χ1n) is 7.35.